The zero-order valence-electron chi connectivity index (χ0n) is 11.1. The van der Waals surface area contributed by atoms with Gasteiger partial charge in [0.05, 0.1) is 6.61 Å². The van der Waals surface area contributed by atoms with Gasteiger partial charge in [0.15, 0.2) is 0 Å². The van der Waals surface area contributed by atoms with Gasteiger partial charge in [-0.05, 0) is 25.0 Å². The number of rotatable bonds is 4. The monoisotopic (exact) mass is 282 g/mol. The van der Waals surface area contributed by atoms with Crippen LogP contribution in [0.1, 0.15) is 18.9 Å². The van der Waals surface area contributed by atoms with Crippen LogP contribution in [-0.2, 0) is 16.1 Å². The van der Waals surface area contributed by atoms with Gasteiger partial charge in [-0.15, -0.1) is 0 Å². The first-order valence-electron chi connectivity index (χ1n) is 6.46. The minimum Gasteiger partial charge on any atom is -0.379 e. The first kappa shape index (κ1) is 14.3. The summed E-state index contributed by atoms with van der Waals surface area (Å²) in [6.07, 6.45) is 0.574. The van der Waals surface area contributed by atoms with Crippen molar-refractivity contribution in [2.24, 2.45) is 5.73 Å². The van der Waals surface area contributed by atoms with Crippen molar-refractivity contribution in [2.45, 2.75) is 25.4 Å². The van der Waals surface area contributed by atoms with Gasteiger partial charge in [0.25, 0.3) is 0 Å². The molecule has 104 valence electrons. The molecule has 0 bridgehead atoms. The fraction of sp³-hybridized carbons (Fsp3) is 0.500. The molecule has 2 rings (SSSR count). The minimum atomic E-state index is -0.878. The predicted molar refractivity (Wildman–Crippen MR) is 74.9 cm³/mol. The summed E-state index contributed by atoms with van der Waals surface area (Å²) in [5, 5.41) is 0.669. The van der Waals surface area contributed by atoms with E-state index in [0.29, 0.717) is 37.7 Å². The van der Waals surface area contributed by atoms with E-state index >= 15 is 0 Å². The molecule has 1 amide bonds. The highest BCUT2D eigenvalue weighted by molar-refractivity contribution is 6.31. The van der Waals surface area contributed by atoms with E-state index in [0.717, 1.165) is 5.56 Å². The highest BCUT2D eigenvalue weighted by atomic mass is 35.5. The summed E-state index contributed by atoms with van der Waals surface area (Å²) in [6.45, 7) is 3.86. The van der Waals surface area contributed by atoms with Gasteiger partial charge >= 0.3 is 0 Å². The maximum absolute atomic E-state index is 12.5. The van der Waals surface area contributed by atoms with Crippen LogP contribution in [0.15, 0.2) is 24.3 Å². The van der Waals surface area contributed by atoms with E-state index in [2.05, 4.69) is 0 Å². The molecule has 1 aromatic rings. The average molecular weight is 283 g/mol. The lowest BCUT2D eigenvalue weighted by atomic mass is 9.98. The molecule has 5 heteroatoms. The average Bonchev–Trinajstić information content (AvgIpc) is 2.85. The van der Waals surface area contributed by atoms with Crippen molar-refractivity contribution in [3.8, 4) is 0 Å². The van der Waals surface area contributed by atoms with E-state index in [1.165, 1.54) is 0 Å². The lowest BCUT2D eigenvalue weighted by molar-refractivity contribution is -0.137. The van der Waals surface area contributed by atoms with E-state index < -0.39 is 5.54 Å². The quantitative estimate of drug-likeness (QED) is 0.916. The molecule has 1 aliphatic heterocycles. The summed E-state index contributed by atoms with van der Waals surface area (Å²) in [4.78, 5) is 14.2. The molecule has 1 heterocycles. The Balaban J connectivity index is 2.12. The molecule has 0 aromatic heterocycles. The van der Waals surface area contributed by atoms with Crippen LogP contribution in [-0.4, -0.2) is 36.1 Å². The Bertz CT molecular complexity index is 459. The Morgan fingerprint density at radius 2 is 2.26 bits per heavy atom. The summed E-state index contributed by atoms with van der Waals surface area (Å²) < 4.78 is 5.25. The number of carbonyl (C=O) groups excluding carboxylic acids is 1. The number of halogens is 1. The third kappa shape index (κ3) is 3.08. The number of amides is 1. The summed E-state index contributed by atoms with van der Waals surface area (Å²) in [6, 6.07) is 7.54. The Morgan fingerprint density at radius 1 is 1.53 bits per heavy atom. The number of nitrogens with zero attached hydrogens (tertiary/aromatic N) is 1. The minimum absolute atomic E-state index is 0.0626. The highest BCUT2D eigenvalue weighted by Gasteiger charge is 2.40. The van der Waals surface area contributed by atoms with Crippen LogP contribution in [0.5, 0.6) is 0 Å². The number of carbonyl (C=O) groups is 1. The zero-order chi connectivity index (χ0) is 13.9. The first-order valence-corrected chi connectivity index (χ1v) is 6.84. The SMILES string of the molecule is CCN(Cc1ccccc1Cl)C(=O)C1(N)CCOC1. The second-order valence-corrected chi connectivity index (χ2v) is 5.28. The summed E-state index contributed by atoms with van der Waals surface area (Å²) in [5.74, 6) is -0.0626. The second kappa shape index (κ2) is 5.90. The maximum atomic E-state index is 12.5. The van der Waals surface area contributed by atoms with Gasteiger partial charge in [0.2, 0.25) is 5.91 Å². The number of hydrogen-bond donors (Lipinski definition) is 1. The van der Waals surface area contributed by atoms with Gasteiger partial charge in [0, 0.05) is 24.7 Å². The molecule has 1 aromatic carbocycles. The van der Waals surface area contributed by atoms with Crippen LogP contribution in [0.3, 0.4) is 0 Å². The molecule has 1 atom stereocenters. The van der Waals surface area contributed by atoms with Gasteiger partial charge < -0.3 is 15.4 Å². The topological polar surface area (TPSA) is 55.6 Å². The van der Waals surface area contributed by atoms with Gasteiger partial charge in [-0.3, -0.25) is 4.79 Å². The van der Waals surface area contributed by atoms with Crippen LogP contribution < -0.4 is 5.73 Å². The van der Waals surface area contributed by atoms with Crippen LogP contribution in [0.4, 0.5) is 0 Å². The molecule has 0 aliphatic carbocycles. The normalized spacial score (nSPS) is 22.5. The third-order valence-electron chi connectivity index (χ3n) is 3.47. The fourth-order valence-electron chi connectivity index (χ4n) is 2.22. The van der Waals surface area contributed by atoms with Crippen molar-refractivity contribution in [1.82, 2.24) is 4.90 Å². The van der Waals surface area contributed by atoms with E-state index in [4.69, 9.17) is 22.1 Å². The van der Waals surface area contributed by atoms with Crippen molar-refractivity contribution in [3.05, 3.63) is 34.9 Å². The molecular weight excluding hydrogens is 264 g/mol. The number of benzene rings is 1. The van der Waals surface area contributed by atoms with Crippen molar-refractivity contribution < 1.29 is 9.53 Å². The van der Waals surface area contributed by atoms with Crippen molar-refractivity contribution in [1.29, 1.82) is 0 Å². The van der Waals surface area contributed by atoms with Crippen molar-refractivity contribution in [2.75, 3.05) is 19.8 Å². The molecule has 1 saturated heterocycles. The van der Waals surface area contributed by atoms with E-state index in [1.807, 2.05) is 31.2 Å². The van der Waals surface area contributed by atoms with Gasteiger partial charge in [0.1, 0.15) is 5.54 Å². The van der Waals surface area contributed by atoms with Crippen LogP contribution >= 0.6 is 11.6 Å². The standard InChI is InChI=1S/C14H19ClN2O2/c1-2-17(9-11-5-3-4-6-12(11)15)13(18)14(16)7-8-19-10-14/h3-6H,2,7-10,16H2,1H3. The molecular formula is C14H19ClN2O2. The van der Waals surface area contributed by atoms with Crippen molar-refractivity contribution >= 4 is 17.5 Å². The van der Waals surface area contributed by atoms with Gasteiger partial charge in [-0.1, -0.05) is 29.8 Å². The zero-order valence-corrected chi connectivity index (χ0v) is 11.8. The molecule has 1 aliphatic rings. The molecule has 0 radical (unpaired) electrons. The lowest BCUT2D eigenvalue weighted by Gasteiger charge is -2.30. The summed E-state index contributed by atoms with van der Waals surface area (Å²) in [5.41, 5.74) is 6.18. The van der Waals surface area contributed by atoms with Crippen LogP contribution in [0, 0.1) is 0 Å². The second-order valence-electron chi connectivity index (χ2n) is 4.87. The number of nitrogens with two attached hydrogens (primary N) is 1. The summed E-state index contributed by atoms with van der Waals surface area (Å²) in [7, 11) is 0. The van der Waals surface area contributed by atoms with Crippen molar-refractivity contribution in [3.63, 3.8) is 0 Å². The predicted octanol–water partition coefficient (Wildman–Crippen LogP) is 1.81. The highest BCUT2D eigenvalue weighted by Crippen LogP contribution is 2.22. The Kier molecular flexibility index (Phi) is 4.45. The molecule has 2 N–H and O–H groups in total. The first-order chi connectivity index (χ1) is 9.07. The lowest BCUT2D eigenvalue weighted by Crippen LogP contribution is -2.55. The van der Waals surface area contributed by atoms with Gasteiger partial charge in [-0.2, -0.15) is 0 Å². The third-order valence-corrected chi connectivity index (χ3v) is 3.83. The molecule has 1 unspecified atom stereocenters. The fourth-order valence-corrected chi connectivity index (χ4v) is 2.42. The Morgan fingerprint density at radius 3 is 2.84 bits per heavy atom. The van der Waals surface area contributed by atoms with E-state index in [-0.39, 0.29) is 5.91 Å². The maximum Gasteiger partial charge on any atom is 0.245 e. The number of likely N-dealkylation sites (N-methyl/N-ethyl adjacent to an activating group) is 1. The Hall–Kier alpha value is -1.10. The van der Waals surface area contributed by atoms with Gasteiger partial charge in [-0.25, -0.2) is 0 Å². The Labute approximate surface area is 118 Å². The number of ether oxygens (including phenoxy) is 1. The smallest absolute Gasteiger partial charge is 0.245 e. The molecule has 0 spiro atoms. The molecule has 0 saturated carbocycles. The summed E-state index contributed by atoms with van der Waals surface area (Å²) >= 11 is 6.13. The van der Waals surface area contributed by atoms with E-state index in [9.17, 15) is 4.79 Å². The molecule has 1 fully saturated rings. The van der Waals surface area contributed by atoms with Crippen LogP contribution in [0.2, 0.25) is 5.02 Å². The molecule has 4 nitrogen and oxygen atoms in total. The molecule has 19 heavy (non-hydrogen) atoms. The number of hydrogen-bond acceptors (Lipinski definition) is 3. The van der Waals surface area contributed by atoms with E-state index in [1.54, 1.807) is 4.90 Å². The van der Waals surface area contributed by atoms with Crippen LogP contribution in [0.25, 0.3) is 0 Å². The largest absolute Gasteiger partial charge is 0.379 e.